The summed E-state index contributed by atoms with van der Waals surface area (Å²) in [7, 11) is 0. The molecule has 0 unspecified atom stereocenters. The van der Waals surface area contributed by atoms with Crippen molar-refractivity contribution < 1.29 is 23.4 Å². The minimum Gasteiger partial charge on any atom is -0.488 e. The lowest BCUT2D eigenvalue weighted by Gasteiger charge is -2.11. The standard InChI is InChI=1S/C19H21F2NO3/c1-12(2)9-14-5-3-6-17(22-14)13-10-15(20)19(16(21)11-13)25-8-4-7-18(23)24/h3,5-6,10-12H,4,7-9H2,1-2H3,(H,23,24). The fourth-order valence-corrected chi connectivity index (χ4v) is 2.42. The molecule has 2 rings (SSSR count). The molecule has 1 aromatic heterocycles. The highest BCUT2D eigenvalue weighted by Gasteiger charge is 2.15. The molecule has 0 radical (unpaired) electrons. The number of ether oxygens (including phenoxy) is 1. The molecule has 0 saturated carbocycles. The first-order valence-electron chi connectivity index (χ1n) is 8.16. The van der Waals surface area contributed by atoms with Gasteiger partial charge >= 0.3 is 5.97 Å². The molecule has 0 bridgehead atoms. The normalized spacial score (nSPS) is 10.9. The number of carbonyl (C=O) groups is 1. The van der Waals surface area contributed by atoms with Crippen LogP contribution in [-0.4, -0.2) is 22.7 Å². The van der Waals surface area contributed by atoms with E-state index in [4.69, 9.17) is 9.84 Å². The number of nitrogens with zero attached hydrogens (tertiary/aromatic N) is 1. The van der Waals surface area contributed by atoms with Crippen LogP contribution in [0.2, 0.25) is 0 Å². The van der Waals surface area contributed by atoms with Gasteiger partial charge in [0.25, 0.3) is 0 Å². The van der Waals surface area contributed by atoms with Gasteiger partial charge in [-0.25, -0.2) is 8.78 Å². The second-order valence-corrected chi connectivity index (χ2v) is 6.23. The molecule has 0 amide bonds. The van der Waals surface area contributed by atoms with Gasteiger partial charge < -0.3 is 9.84 Å². The maximum absolute atomic E-state index is 14.2. The van der Waals surface area contributed by atoms with E-state index in [0.29, 0.717) is 17.2 Å². The molecule has 0 atom stereocenters. The Labute approximate surface area is 145 Å². The number of halogens is 2. The quantitative estimate of drug-likeness (QED) is 0.715. The van der Waals surface area contributed by atoms with Crippen molar-refractivity contribution in [2.24, 2.45) is 5.92 Å². The number of aromatic nitrogens is 1. The van der Waals surface area contributed by atoms with Gasteiger partial charge in [0, 0.05) is 17.7 Å². The first-order valence-corrected chi connectivity index (χ1v) is 8.16. The van der Waals surface area contributed by atoms with E-state index in [-0.39, 0.29) is 19.4 Å². The van der Waals surface area contributed by atoms with Gasteiger partial charge in [-0.05, 0) is 43.0 Å². The van der Waals surface area contributed by atoms with Crippen molar-refractivity contribution in [2.45, 2.75) is 33.1 Å². The summed E-state index contributed by atoms with van der Waals surface area (Å²) >= 11 is 0. The van der Waals surface area contributed by atoms with Crippen molar-refractivity contribution in [2.75, 3.05) is 6.61 Å². The fourth-order valence-electron chi connectivity index (χ4n) is 2.42. The van der Waals surface area contributed by atoms with E-state index < -0.39 is 23.4 Å². The van der Waals surface area contributed by atoms with Gasteiger partial charge in [0.1, 0.15) is 0 Å². The van der Waals surface area contributed by atoms with E-state index in [0.717, 1.165) is 12.1 Å². The zero-order valence-corrected chi connectivity index (χ0v) is 14.3. The van der Waals surface area contributed by atoms with E-state index in [2.05, 4.69) is 18.8 Å². The van der Waals surface area contributed by atoms with Gasteiger partial charge in [-0.15, -0.1) is 0 Å². The van der Waals surface area contributed by atoms with Crippen molar-refractivity contribution >= 4 is 5.97 Å². The van der Waals surface area contributed by atoms with Crippen LogP contribution < -0.4 is 4.74 Å². The van der Waals surface area contributed by atoms with Gasteiger partial charge in [-0.2, -0.15) is 0 Å². The van der Waals surface area contributed by atoms with E-state index in [9.17, 15) is 13.6 Å². The SMILES string of the molecule is CC(C)Cc1cccc(-c2cc(F)c(OCCCC(=O)O)c(F)c2)n1. The van der Waals surface area contributed by atoms with Crippen LogP contribution >= 0.6 is 0 Å². The Morgan fingerprint density at radius 3 is 2.52 bits per heavy atom. The average Bonchev–Trinajstić information content (AvgIpc) is 2.52. The Morgan fingerprint density at radius 2 is 1.92 bits per heavy atom. The van der Waals surface area contributed by atoms with Gasteiger partial charge in [-0.3, -0.25) is 9.78 Å². The molecule has 0 spiro atoms. The largest absolute Gasteiger partial charge is 0.488 e. The van der Waals surface area contributed by atoms with Crippen LogP contribution in [0.15, 0.2) is 30.3 Å². The molecule has 0 aliphatic rings. The van der Waals surface area contributed by atoms with Gasteiger partial charge in [0.05, 0.1) is 12.3 Å². The van der Waals surface area contributed by atoms with Crippen LogP contribution in [0.4, 0.5) is 8.78 Å². The minimum absolute atomic E-state index is 0.0678. The molecule has 1 heterocycles. The topological polar surface area (TPSA) is 59.4 Å². The van der Waals surface area contributed by atoms with Crippen LogP contribution in [0.25, 0.3) is 11.3 Å². The van der Waals surface area contributed by atoms with Crippen LogP contribution in [0.1, 0.15) is 32.4 Å². The third kappa shape index (κ3) is 5.52. The first-order chi connectivity index (χ1) is 11.9. The summed E-state index contributed by atoms with van der Waals surface area (Å²) in [6.07, 6.45) is 0.840. The smallest absolute Gasteiger partial charge is 0.303 e. The van der Waals surface area contributed by atoms with Gasteiger partial charge in [0.15, 0.2) is 17.4 Å². The van der Waals surface area contributed by atoms with E-state index in [1.807, 2.05) is 12.1 Å². The Morgan fingerprint density at radius 1 is 1.24 bits per heavy atom. The van der Waals surface area contributed by atoms with Crippen LogP contribution in [0.3, 0.4) is 0 Å². The summed E-state index contributed by atoms with van der Waals surface area (Å²) in [5.41, 5.74) is 1.69. The summed E-state index contributed by atoms with van der Waals surface area (Å²) in [6, 6.07) is 7.75. The number of pyridine rings is 1. The molecule has 2 aromatic rings. The summed E-state index contributed by atoms with van der Waals surface area (Å²) in [5, 5.41) is 8.55. The third-order valence-electron chi connectivity index (χ3n) is 3.50. The lowest BCUT2D eigenvalue weighted by Crippen LogP contribution is -2.05. The highest BCUT2D eigenvalue weighted by Crippen LogP contribution is 2.28. The number of benzene rings is 1. The van der Waals surface area contributed by atoms with Gasteiger partial charge in [-0.1, -0.05) is 19.9 Å². The zero-order valence-electron chi connectivity index (χ0n) is 14.3. The first kappa shape index (κ1) is 18.8. The molecule has 25 heavy (non-hydrogen) atoms. The van der Waals surface area contributed by atoms with E-state index >= 15 is 0 Å². The number of aliphatic carboxylic acids is 1. The Kier molecular flexibility index (Phi) is 6.44. The van der Waals surface area contributed by atoms with Crippen molar-refractivity contribution in [1.82, 2.24) is 4.98 Å². The van der Waals surface area contributed by atoms with Crippen molar-refractivity contribution in [3.63, 3.8) is 0 Å². The molecule has 6 heteroatoms. The Balaban J connectivity index is 2.17. The predicted molar refractivity (Wildman–Crippen MR) is 90.5 cm³/mol. The van der Waals surface area contributed by atoms with E-state index in [1.165, 1.54) is 12.1 Å². The van der Waals surface area contributed by atoms with Crippen LogP contribution in [0, 0.1) is 17.6 Å². The second-order valence-electron chi connectivity index (χ2n) is 6.23. The molecule has 0 aliphatic carbocycles. The summed E-state index contributed by atoms with van der Waals surface area (Å²) < 4.78 is 33.4. The highest BCUT2D eigenvalue weighted by atomic mass is 19.1. The summed E-state index contributed by atoms with van der Waals surface area (Å²) in [4.78, 5) is 14.9. The van der Waals surface area contributed by atoms with Crippen molar-refractivity contribution in [3.05, 3.63) is 47.7 Å². The fraction of sp³-hybridized carbons (Fsp3) is 0.368. The second kappa shape index (κ2) is 8.55. The molecule has 0 fully saturated rings. The molecule has 134 valence electrons. The molecule has 4 nitrogen and oxygen atoms in total. The van der Waals surface area contributed by atoms with Crippen molar-refractivity contribution in [3.8, 4) is 17.0 Å². The number of hydrogen-bond donors (Lipinski definition) is 1. The zero-order chi connectivity index (χ0) is 18.4. The lowest BCUT2D eigenvalue weighted by atomic mass is 10.1. The number of rotatable bonds is 8. The number of carboxylic acid groups (broad SMARTS) is 1. The number of carboxylic acids is 1. The minimum atomic E-state index is -0.979. The van der Waals surface area contributed by atoms with E-state index in [1.54, 1.807) is 6.07 Å². The summed E-state index contributed by atoms with van der Waals surface area (Å²) in [6.45, 7) is 4.08. The average molecular weight is 349 g/mol. The monoisotopic (exact) mass is 349 g/mol. The molecule has 0 saturated heterocycles. The molecule has 1 N–H and O–H groups in total. The summed E-state index contributed by atoms with van der Waals surface area (Å²) in [5.74, 6) is -2.71. The lowest BCUT2D eigenvalue weighted by molar-refractivity contribution is -0.137. The maximum atomic E-state index is 14.2. The van der Waals surface area contributed by atoms with Gasteiger partial charge in [0.2, 0.25) is 0 Å². The van der Waals surface area contributed by atoms with Crippen LogP contribution in [0.5, 0.6) is 5.75 Å². The van der Waals surface area contributed by atoms with Crippen molar-refractivity contribution in [1.29, 1.82) is 0 Å². The Bertz CT molecular complexity index is 724. The Hall–Kier alpha value is -2.50. The predicted octanol–water partition coefficient (Wildman–Crippen LogP) is 4.47. The molecule has 0 aliphatic heterocycles. The number of hydrogen-bond acceptors (Lipinski definition) is 3. The van der Waals surface area contributed by atoms with Crippen LogP contribution in [-0.2, 0) is 11.2 Å². The molecular weight excluding hydrogens is 328 g/mol. The third-order valence-corrected chi connectivity index (χ3v) is 3.50. The maximum Gasteiger partial charge on any atom is 0.303 e. The molecule has 1 aromatic carbocycles. The highest BCUT2D eigenvalue weighted by molar-refractivity contribution is 5.66. The molecular formula is C19H21F2NO3.